The topological polar surface area (TPSA) is 40.5 Å². The molecule has 2 N–H and O–H groups in total. The molecule has 0 saturated heterocycles. The number of aliphatic hydroxyl groups excluding tert-OH is 2. The Morgan fingerprint density at radius 2 is 1.75 bits per heavy atom. The summed E-state index contributed by atoms with van der Waals surface area (Å²) in [4.78, 5) is -0.120. The molecule has 0 aliphatic carbocycles. The van der Waals surface area contributed by atoms with E-state index in [0.717, 1.165) is 23.9 Å². The third kappa shape index (κ3) is 3.17. The van der Waals surface area contributed by atoms with Crippen LogP contribution in [0.1, 0.15) is 19.4 Å². The van der Waals surface area contributed by atoms with E-state index in [4.69, 9.17) is 5.11 Å². The minimum Gasteiger partial charge on any atom is -0.392 e. The van der Waals surface area contributed by atoms with Gasteiger partial charge in [0.25, 0.3) is 0 Å². The summed E-state index contributed by atoms with van der Waals surface area (Å²) in [6, 6.07) is 2.19. The maximum Gasteiger partial charge on any atom is 0.140 e. The highest BCUT2D eigenvalue weighted by molar-refractivity contribution is 8.00. The van der Waals surface area contributed by atoms with Gasteiger partial charge in [0.2, 0.25) is 0 Å². The lowest BCUT2D eigenvalue weighted by atomic mass is 10.2. The van der Waals surface area contributed by atoms with Crippen molar-refractivity contribution in [3.63, 3.8) is 0 Å². The third-order valence-electron chi connectivity index (χ3n) is 2.22. The summed E-state index contributed by atoms with van der Waals surface area (Å²) in [5, 5.41) is 17.7. The number of benzene rings is 1. The first kappa shape index (κ1) is 13.4. The van der Waals surface area contributed by atoms with Crippen molar-refractivity contribution in [3.05, 3.63) is 29.3 Å². The lowest BCUT2D eigenvalue weighted by Crippen LogP contribution is -2.15. The molecule has 0 saturated carbocycles. The molecule has 16 heavy (non-hydrogen) atoms. The normalized spacial score (nSPS) is 14.9. The number of halogens is 2. The number of hydrogen-bond donors (Lipinski definition) is 2. The second kappa shape index (κ2) is 5.61. The second-order valence-corrected chi connectivity index (χ2v) is 5.00. The molecule has 0 bridgehead atoms. The Bertz CT molecular complexity index is 346. The first-order valence-electron chi connectivity index (χ1n) is 4.89. The van der Waals surface area contributed by atoms with Gasteiger partial charge in [0, 0.05) is 5.25 Å². The van der Waals surface area contributed by atoms with Crippen LogP contribution in [0.15, 0.2) is 17.0 Å². The Hall–Kier alpha value is -0.650. The monoisotopic (exact) mass is 248 g/mol. The number of rotatable bonds is 4. The van der Waals surface area contributed by atoms with Gasteiger partial charge in [-0.1, -0.05) is 6.92 Å². The molecule has 1 aromatic rings. The Morgan fingerprint density at radius 3 is 2.12 bits per heavy atom. The fourth-order valence-electron chi connectivity index (χ4n) is 1.10. The molecule has 0 fully saturated rings. The van der Waals surface area contributed by atoms with E-state index in [9.17, 15) is 13.9 Å². The molecule has 5 heteroatoms. The largest absolute Gasteiger partial charge is 0.392 e. The Kier molecular flexibility index (Phi) is 4.70. The van der Waals surface area contributed by atoms with Gasteiger partial charge in [-0.2, -0.15) is 0 Å². The highest BCUT2D eigenvalue weighted by atomic mass is 32.2. The maximum atomic E-state index is 13.5. The van der Waals surface area contributed by atoms with E-state index in [2.05, 4.69) is 0 Å². The van der Waals surface area contributed by atoms with Crippen LogP contribution in [0.25, 0.3) is 0 Å². The fourth-order valence-corrected chi connectivity index (χ4v) is 2.01. The minimum absolute atomic E-state index is 0.120. The minimum atomic E-state index is -0.707. The zero-order valence-corrected chi connectivity index (χ0v) is 9.89. The van der Waals surface area contributed by atoms with Crippen LogP contribution in [0.3, 0.4) is 0 Å². The predicted molar refractivity (Wildman–Crippen MR) is 59.3 cm³/mol. The Morgan fingerprint density at radius 1 is 1.25 bits per heavy atom. The molecule has 90 valence electrons. The summed E-state index contributed by atoms with van der Waals surface area (Å²) in [5.74, 6) is -1.41. The molecule has 1 rings (SSSR count). The van der Waals surface area contributed by atoms with E-state index >= 15 is 0 Å². The smallest absolute Gasteiger partial charge is 0.140 e. The van der Waals surface area contributed by atoms with Crippen LogP contribution >= 0.6 is 11.8 Å². The van der Waals surface area contributed by atoms with Gasteiger partial charge in [-0.15, -0.1) is 11.8 Å². The lowest BCUT2D eigenvalue weighted by molar-refractivity contribution is 0.196. The average molecular weight is 248 g/mol. The molecule has 0 aromatic heterocycles. The summed E-state index contributed by atoms with van der Waals surface area (Å²) in [6.07, 6.45) is -0.652. The summed E-state index contributed by atoms with van der Waals surface area (Å²) in [5.41, 5.74) is 0.198. The third-order valence-corrected chi connectivity index (χ3v) is 3.62. The molecular formula is C11H14F2O2S. The molecule has 2 atom stereocenters. The van der Waals surface area contributed by atoms with Gasteiger partial charge in [0.1, 0.15) is 11.6 Å². The standard InChI is InChI=1S/C11H14F2O2S/c1-6(15)7(2)16-11-9(12)3-8(5-14)4-10(11)13/h3-4,6-7,14-15H,5H2,1-2H3. The first-order chi connectivity index (χ1) is 7.45. The van der Waals surface area contributed by atoms with E-state index in [1.54, 1.807) is 13.8 Å². The zero-order valence-electron chi connectivity index (χ0n) is 9.08. The SMILES string of the molecule is CC(O)C(C)Sc1c(F)cc(CO)cc1F. The van der Waals surface area contributed by atoms with Crippen molar-refractivity contribution in [2.75, 3.05) is 0 Å². The zero-order chi connectivity index (χ0) is 12.3. The molecule has 0 radical (unpaired) electrons. The van der Waals surface area contributed by atoms with Crippen molar-refractivity contribution in [2.45, 2.75) is 36.7 Å². The molecule has 0 aliphatic rings. The van der Waals surface area contributed by atoms with Gasteiger partial charge < -0.3 is 10.2 Å². The van der Waals surface area contributed by atoms with Gasteiger partial charge in [-0.3, -0.25) is 0 Å². The van der Waals surface area contributed by atoms with Crippen molar-refractivity contribution in [3.8, 4) is 0 Å². The van der Waals surface area contributed by atoms with Crippen LogP contribution in [-0.2, 0) is 6.61 Å². The van der Waals surface area contributed by atoms with Crippen LogP contribution in [0, 0.1) is 11.6 Å². The molecule has 0 aliphatic heterocycles. The van der Waals surface area contributed by atoms with E-state index in [-0.39, 0.29) is 15.7 Å². The number of thioether (sulfide) groups is 1. The lowest BCUT2D eigenvalue weighted by Gasteiger charge is -2.15. The number of hydrogen-bond acceptors (Lipinski definition) is 3. The quantitative estimate of drug-likeness (QED) is 0.803. The van der Waals surface area contributed by atoms with Gasteiger partial charge in [0.05, 0.1) is 17.6 Å². The molecule has 0 amide bonds. The molecule has 1 aromatic carbocycles. The van der Waals surface area contributed by atoms with Crippen LogP contribution < -0.4 is 0 Å². The van der Waals surface area contributed by atoms with E-state index in [0.29, 0.717) is 0 Å². The van der Waals surface area contributed by atoms with Crippen molar-refractivity contribution >= 4 is 11.8 Å². The van der Waals surface area contributed by atoms with Crippen LogP contribution in [0.4, 0.5) is 8.78 Å². The highest BCUT2D eigenvalue weighted by Crippen LogP contribution is 2.31. The highest BCUT2D eigenvalue weighted by Gasteiger charge is 2.17. The molecule has 2 nitrogen and oxygen atoms in total. The average Bonchev–Trinajstić information content (AvgIpc) is 2.22. The number of aliphatic hydroxyl groups is 2. The van der Waals surface area contributed by atoms with Gasteiger partial charge in [-0.05, 0) is 24.6 Å². The summed E-state index contributed by atoms with van der Waals surface area (Å²) in [6.45, 7) is 2.86. The second-order valence-electron chi connectivity index (χ2n) is 3.61. The Labute approximate surface area is 97.3 Å². The van der Waals surface area contributed by atoms with Gasteiger partial charge in [-0.25, -0.2) is 8.78 Å². The van der Waals surface area contributed by atoms with Crippen LogP contribution in [0.5, 0.6) is 0 Å². The Balaban J connectivity index is 2.96. The molecule has 2 unspecified atom stereocenters. The van der Waals surface area contributed by atoms with E-state index in [1.165, 1.54) is 0 Å². The van der Waals surface area contributed by atoms with Crippen LogP contribution in [-0.4, -0.2) is 21.6 Å². The maximum absolute atomic E-state index is 13.5. The van der Waals surface area contributed by atoms with Crippen molar-refractivity contribution < 1.29 is 19.0 Å². The fraction of sp³-hybridized carbons (Fsp3) is 0.455. The molecule has 0 spiro atoms. The van der Waals surface area contributed by atoms with Crippen molar-refractivity contribution in [1.29, 1.82) is 0 Å². The summed E-state index contributed by atoms with van der Waals surface area (Å²) in [7, 11) is 0. The van der Waals surface area contributed by atoms with Gasteiger partial charge in [0.15, 0.2) is 0 Å². The van der Waals surface area contributed by atoms with E-state index < -0.39 is 24.3 Å². The van der Waals surface area contributed by atoms with Crippen LogP contribution in [0.2, 0.25) is 0 Å². The summed E-state index contributed by atoms with van der Waals surface area (Å²) < 4.78 is 26.9. The van der Waals surface area contributed by atoms with Gasteiger partial charge >= 0.3 is 0 Å². The molecular weight excluding hydrogens is 234 g/mol. The van der Waals surface area contributed by atoms with Crippen molar-refractivity contribution in [2.24, 2.45) is 0 Å². The van der Waals surface area contributed by atoms with E-state index in [1.807, 2.05) is 0 Å². The predicted octanol–water partition coefficient (Wildman–Crippen LogP) is 2.32. The van der Waals surface area contributed by atoms with Crippen molar-refractivity contribution in [1.82, 2.24) is 0 Å². The molecule has 0 heterocycles. The first-order valence-corrected chi connectivity index (χ1v) is 5.77. The summed E-state index contributed by atoms with van der Waals surface area (Å²) >= 11 is 0.942.